The van der Waals surface area contributed by atoms with Gasteiger partial charge in [0.05, 0.1) is 35.7 Å². The summed E-state index contributed by atoms with van der Waals surface area (Å²) >= 11 is 0. The number of fused-ring (bicyclic) bond motifs is 1. The Morgan fingerprint density at radius 3 is 2.16 bits per heavy atom. The van der Waals surface area contributed by atoms with Crippen LogP contribution in [0.5, 0.6) is 0 Å². The monoisotopic (exact) mass is 450 g/mol. The number of pyridine rings is 1. The highest BCUT2D eigenvalue weighted by Crippen LogP contribution is 2.35. The first-order chi connectivity index (χ1) is 15.2. The van der Waals surface area contributed by atoms with Gasteiger partial charge in [-0.2, -0.15) is 0 Å². The molecule has 0 aliphatic carbocycles. The quantitative estimate of drug-likeness (QED) is 0.183. The van der Waals surface area contributed by atoms with E-state index in [1.807, 2.05) is 0 Å². The van der Waals surface area contributed by atoms with Gasteiger partial charge >= 0.3 is 17.9 Å². The molecule has 0 N–H and O–H groups in total. The summed E-state index contributed by atoms with van der Waals surface area (Å²) in [6.45, 7) is 4.20. The predicted octanol–water partition coefficient (Wildman–Crippen LogP) is 2.31. The molecule has 2 rings (SSSR count). The van der Waals surface area contributed by atoms with Crippen LogP contribution < -0.4 is 0 Å². The van der Waals surface area contributed by atoms with E-state index < -0.39 is 74.3 Å². The molecule has 12 heteroatoms. The van der Waals surface area contributed by atoms with Crippen LogP contribution in [0.25, 0.3) is 10.9 Å². The molecule has 0 bridgehead atoms. The number of aromatic nitrogens is 1. The maximum atomic E-state index is 14.9. The third-order valence-electron chi connectivity index (χ3n) is 4.10. The van der Waals surface area contributed by atoms with E-state index in [0.29, 0.717) is 6.07 Å². The Morgan fingerprint density at radius 2 is 1.59 bits per heavy atom. The number of hydrogen-bond acceptors (Lipinski definition) is 10. The molecule has 1 heterocycles. The fourth-order valence-electron chi connectivity index (χ4n) is 2.89. The second kappa shape index (κ2) is 10.4. The van der Waals surface area contributed by atoms with Crippen molar-refractivity contribution in [2.45, 2.75) is 27.2 Å². The number of nitro benzene ring substituents is 1. The van der Waals surface area contributed by atoms with E-state index in [4.69, 9.17) is 9.47 Å². The number of carbonyl (C=O) groups excluding carboxylic acids is 4. The molecule has 0 aliphatic heterocycles. The Bertz CT molecular complexity index is 1110. The SMILES string of the molecule is CCOC(=O)C(=O)Cc1cc(F)c2nc(C(=O)OCC)cc(C(=O)OCC)c2c1[N+](=O)[O-]. The van der Waals surface area contributed by atoms with Crippen LogP contribution in [0.4, 0.5) is 10.1 Å². The van der Waals surface area contributed by atoms with Crippen LogP contribution in [0, 0.1) is 15.9 Å². The van der Waals surface area contributed by atoms with Crippen LogP contribution in [0.2, 0.25) is 0 Å². The number of esters is 3. The molecular formula is C20H19FN2O9. The Labute approximate surface area is 180 Å². The summed E-state index contributed by atoms with van der Waals surface area (Å²) < 4.78 is 29.2. The van der Waals surface area contributed by atoms with Crippen molar-refractivity contribution in [2.75, 3.05) is 19.8 Å². The number of ketones is 1. The van der Waals surface area contributed by atoms with Crippen LogP contribution in [0.3, 0.4) is 0 Å². The summed E-state index contributed by atoms with van der Waals surface area (Å²) in [6.07, 6.45) is -0.857. The van der Waals surface area contributed by atoms with E-state index in [9.17, 15) is 33.7 Å². The van der Waals surface area contributed by atoms with Gasteiger partial charge in [-0.25, -0.2) is 23.8 Å². The average molecular weight is 450 g/mol. The highest BCUT2D eigenvalue weighted by molar-refractivity contribution is 6.34. The summed E-state index contributed by atoms with van der Waals surface area (Å²) in [7, 11) is 0. The van der Waals surface area contributed by atoms with Crippen LogP contribution in [0.1, 0.15) is 47.2 Å². The van der Waals surface area contributed by atoms with Gasteiger partial charge in [-0.3, -0.25) is 14.9 Å². The van der Waals surface area contributed by atoms with E-state index in [1.54, 1.807) is 0 Å². The number of Topliss-reactive ketones (excluding diaryl/α,β-unsaturated/α-hetero) is 1. The zero-order chi connectivity index (χ0) is 24.0. The van der Waals surface area contributed by atoms with Crippen molar-refractivity contribution < 1.29 is 42.7 Å². The molecule has 0 amide bonds. The van der Waals surface area contributed by atoms with Gasteiger partial charge in [-0.05, 0) is 32.9 Å². The zero-order valence-corrected chi connectivity index (χ0v) is 17.4. The summed E-state index contributed by atoms with van der Waals surface area (Å²) in [6, 6.07) is 1.54. The van der Waals surface area contributed by atoms with Gasteiger partial charge in [0, 0.05) is 12.0 Å². The molecule has 170 valence electrons. The fourth-order valence-corrected chi connectivity index (χ4v) is 2.89. The lowest BCUT2D eigenvalue weighted by Gasteiger charge is -2.12. The van der Waals surface area contributed by atoms with E-state index in [2.05, 4.69) is 9.72 Å². The molecule has 2 aromatic rings. The molecule has 0 spiro atoms. The highest BCUT2D eigenvalue weighted by Gasteiger charge is 2.31. The van der Waals surface area contributed by atoms with Crippen molar-refractivity contribution in [1.82, 2.24) is 4.98 Å². The number of nitro groups is 1. The van der Waals surface area contributed by atoms with Gasteiger partial charge in [-0.1, -0.05) is 0 Å². The van der Waals surface area contributed by atoms with Gasteiger partial charge < -0.3 is 14.2 Å². The molecule has 0 saturated carbocycles. The Hall–Kier alpha value is -3.96. The molecule has 0 atom stereocenters. The normalized spacial score (nSPS) is 10.5. The molecule has 0 saturated heterocycles. The van der Waals surface area contributed by atoms with E-state index >= 15 is 0 Å². The van der Waals surface area contributed by atoms with Crippen molar-refractivity contribution >= 4 is 40.3 Å². The van der Waals surface area contributed by atoms with E-state index in [0.717, 1.165) is 6.07 Å². The molecule has 0 unspecified atom stereocenters. The van der Waals surface area contributed by atoms with Crippen molar-refractivity contribution in [2.24, 2.45) is 0 Å². The molecule has 0 radical (unpaired) electrons. The maximum Gasteiger partial charge on any atom is 0.374 e. The Kier molecular flexibility index (Phi) is 7.88. The van der Waals surface area contributed by atoms with Crippen LogP contribution in [-0.2, 0) is 30.2 Å². The molecule has 0 fully saturated rings. The summed E-state index contributed by atoms with van der Waals surface area (Å²) in [5.41, 5.74) is -2.96. The lowest BCUT2D eigenvalue weighted by atomic mass is 9.98. The van der Waals surface area contributed by atoms with E-state index in [1.165, 1.54) is 20.8 Å². The minimum Gasteiger partial charge on any atom is -0.462 e. The minimum atomic E-state index is -1.25. The second-order valence-corrected chi connectivity index (χ2v) is 6.16. The van der Waals surface area contributed by atoms with Gasteiger partial charge in [0.1, 0.15) is 17.0 Å². The predicted molar refractivity (Wildman–Crippen MR) is 106 cm³/mol. The third kappa shape index (κ3) is 5.02. The maximum absolute atomic E-state index is 14.9. The number of rotatable bonds is 9. The van der Waals surface area contributed by atoms with Crippen molar-refractivity contribution in [3.63, 3.8) is 0 Å². The number of carbonyl (C=O) groups is 4. The largest absolute Gasteiger partial charge is 0.462 e. The van der Waals surface area contributed by atoms with Gasteiger partial charge in [-0.15, -0.1) is 0 Å². The summed E-state index contributed by atoms with van der Waals surface area (Å²) in [4.78, 5) is 63.1. The number of hydrogen-bond donors (Lipinski definition) is 0. The van der Waals surface area contributed by atoms with Crippen molar-refractivity contribution in [3.8, 4) is 0 Å². The van der Waals surface area contributed by atoms with Gasteiger partial charge in [0.15, 0.2) is 0 Å². The molecule has 0 aliphatic rings. The number of nitrogens with zero attached hydrogens (tertiary/aromatic N) is 2. The molecule has 1 aromatic heterocycles. The summed E-state index contributed by atoms with van der Waals surface area (Å²) in [5, 5.41) is 11.3. The smallest absolute Gasteiger partial charge is 0.374 e. The van der Waals surface area contributed by atoms with Crippen molar-refractivity contribution in [1.29, 1.82) is 0 Å². The average Bonchev–Trinajstić information content (AvgIpc) is 2.73. The lowest BCUT2D eigenvalue weighted by Crippen LogP contribution is -2.20. The second-order valence-electron chi connectivity index (χ2n) is 6.16. The highest BCUT2D eigenvalue weighted by atomic mass is 19.1. The first kappa shape index (κ1) is 24.3. The van der Waals surface area contributed by atoms with E-state index in [-0.39, 0.29) is 19.8 Å². The summed E-state index contributed by atoms with van der Waals surface area (Å²) in [5.74, 6) is -5.62. The minimum absolute atomic E-state index is 0.0369. The standard InChI is InChI=1S/C20H19FN2O9/c1-4-30-18(25)11-9-13(19(26)31-5-2)22-16-12(21)7-10(17(15(11)16)23(28)29)8-14(24)20(27)32-6-3/h7,9H,4-6,8H2,1-3H3. The molecular weight excluding hydrogens is 431 g/mol. The fraction of sp³-hybridized carbons (Fsp3) is 0.350. The number of benzene rings is 1. The Balaban J connectivity index is 2.85. The van der Waals surface area contributed by atoms with Gasteiger partial charge in [0.25, 0.3) is 5.69 Å². The number of ether oxygens (including phenoxy) is 3. The lowest BCUT2D eigenvalue weighted by molar-refractivity contribution is -0.383. The zero-order valence-electron chi connectivity index (χ0n) is 17.4. The van der Waals surface area contributed by atoms with Crippen LogP contribution in [0.15, 0.2) is 12.1 Å². The molecule has 1 aromatic carbocycles. The van der Waals surface area contributed by atoms with Gasteiger partial charge in [0.2, 0.25) is 5.78 Å². The number of halogens is 1. The third-order valence-corrected chi connectivity index (χ3v) is 4.10. The molecule has 11 nitrogen and oxygen atoms in total. The van der Waals surface area contributed by atoms with Crippen LogP contribution >= 0.6 is 0 Å². The van der Waals surface area contributed by atoms with Crippen molar-refractivity contribution in [3.05, 3.63) is 44.9 Å². The Morgan fingerprint density at radius 1 is 1.00 bits per heavy atom. The topological polar surface area (TPSA) is 152 Å². The first-order valence-corrected chi connectivity index (χ1v) is 9.50. The van der Waals surface area contributed by atoms with Crippen LogP contribution in [-0.4, -0.2) is 53.4 Å². The first-order valence-electron chi connectivity index (χ1n) is 9.50. The molecule has 32 heavy (non-hydrogen) atoms.